The molecule has 0 aromatic carbocycles. The van der Waals surface area contributed by atoms with Gasteiger partial charge in [0.05, 0.1) is 0 Å². The first-order valence-electron chi connectivity index (χ1n) is 4.19. The van der Waals surface area contributed by atoms with E-state index < -0.39 is 6.43 Å². The van der Waals surface area contributed by atoms with Gasteiger partial charge in [-0.3, -0.25) is 4.79 Å². The lowest BCUT2D eigenvalue weighted by molar-refractivity contribution is -0.138. The van der Waals surface area contributed by atoms with Gasteiger partial charge in [-0.2, -0.15) is 0 Å². The molecule has 12 heavy (non-hydrogen) atoms. The quantitative estimate of drug-likeness (QED) is 0.639. The number of hydrogen-bond donors (Lipinski definition) is 0. The van der Waals surface area contributed by atoms with Crippen molar-refractivity contribution in [2.75, 3.05) is 13.1 Å². The molecule has 0 unspecified atom stereocenters. The van der Waals surface area contributed by atoms with Gasteiger partial charge in [0.1, 0.15) is 0 Å². The second-order valence-corrected chi connectivity index (χ2v) is 3.15. The van der Waals surface area contributed by atoms with Crippen LogP contribution in [0.3, 0.4) is 0 Å². The van der Waals surface area contributed by atoms with E-state index in [-0.39, 0.29) is 18.2 Å². The molecule has 1 aliphatic heterocycles. The molecule has 0 bridgehead atoms. The number of carbonyl (C=O) groups is 1. The van der Waals surface area contributed by atoms with Gasteiger partial charge in [0, 0.05) is 25.9 Å². The van der Waals surface area contributed by atoms with Crippen molar-refractivity contribution in [3.63, 3.8) is 0 Å². The van der Waals surface area contributed by atoms with Gasteiger partial charge >= 0.3 is 0 Å². The SMILES string of the molecule is CCC(=O)N1CC(CC(F)F)C1. The molecule has 70 valence electrons. The Balaban J connectivity index is 2.15. The Morgan fingerprint density at radius 1 is 1.58 bits per heavy atom. The van der Waals surface area contributed by atoms with E-state index in [2.05, 4.69) is 0 Å². The molecular formula is C8H13F2NO. The molecule has 1 amide bonds. The second kappa shape index (κ2) is 3.83. The standard InChI is InChI=1S/C8H13F2NO/c1-2-8(12)11-4-6(5-11)3-7(9)10/h6-7H,2-5H2,1H3. The van der Waals surface area contributed by atoms with E-state index in [1.54, 1.807) is 11.8 Å². The van der Waals surface area contributed by atoms with E-state index in [1.165, 1.54) is 0 Å². The summed E-state index contributed by atoms with van der Waals surface area (Å²) in [5, 5.41) is 0. The molecule has 2 nitrogen and oxygen atoms in total. The molecule has 0 radical (unpaired) electrons. The lowest BCUT2D eigenvalue weighted by atomic mass is 9.96. The summed E-state index contributed by atoms with van der Waals surface area (Å²) in [7, 11) is 0. The summed E-state index contributed by atoms with van der Waals surface area (Å²) < 4.78 is 23.6. The topological polar surface area (TPSA) is 20.3 Å². The molecule has 1 rings (SSSR count). The van der Waals surface area contributed by atoms with Gasteiger partial charge < -0.3 is 4.90 Å². The highest BCUT2D eigenvalue weighted by atomic mass is 19.3. The van der Waals surface area contributed by atoms with Gasteiger partial charge in [0.2, 0.25) is 12.3 Å². The van der Waals surface area contributed by atoms with E-state index in [9.17, 15) is 13.6 Å². The number of likely N-dealkylation sites (tertiary alicyclic amines) is 1. The first-order chi connectivity index (χ1) is 5.63. The van der Waals surface area contributed by atoms with Crippen molar-refractivity contribution in [2.24, 2.45) is 5.92 Å². The largest absolute Gasteiger partial charge is 0.342 e. The maximum atomic E-state index is 11.8. The first kappa shape index (κ1) is 9.42. The van der Waals surface area contributed by atoms with Crippen LogP contribution in [-0.4, -0.2) is 30.3 Å². The van der Waals surface area contributed by atoms with Crippen molar-refractivity contribution in [2.45, 2.75) is 26.2 Å². The predicted octanol–water partition coefficient (Wildman–Crippen LogP) is 1.51. The van der Waals surface area contributed by atoms with Crippen LogP contribution in [0.15, 0.2) is 0 Å². The number of hydrogen-bond acceptors (Lipinski definition) is 1. The zero-order chi connectivity index (χ0) is 9.14. The summed E-state index contributed by atoms with van der Waals surface area (Å²) in [5.74, 6) is 0.0982. The maximum Gasteiger partial charge on any atom is 0.239 e. The van der Waals surface area contributed by atoms with Crippen LogP contribution in [0.2, 0.25) is 0 Å². The highest BCUT2D eigenvalue weighted by molar-refractivity contribution is 5.76. The fraction of sp³-hybridized carbons (Fsp3) is 0.875. The van der Waals surface area contributed by atoms with Crippen LogP contribution < -0.4 is 0 Å². The minimum atomic E-state index is -2.23. The zero-order valence-corrected chi connectivity index (χ0v) is 7.09. The van der Waals surface area contributed by atoms with Gasteiger partial charge in [0.25, 0.3) is 0 Å². The summed E-state index contributed by atoms with van der Waals surface area (Å²) in [4.78, 5) is 12.6. The Hall–Kier alpha value is -0.670. The molecule has 0 saturated carbocycles. The lowest BCUT2D eigenvalue weighted by Crippen LogP contribution is -2.50. The first-order valence-corrected chi connectivity index (χ1v) is 4.19. The number of halogens is 2. The number of carbonyl (C=O) groups excluding carboxylic acids is 1. The number of rotatable bonds is 3. The molecule has 4 heteroatoms. The smallest absolute Gasteiger partial charge is 0.239 e. The highest BCUT2D eigenvalue weighted by Crippen LogP contribution is 2.22. The van der Waals surface area contributed by atoms with E-state index in [0.29, 0.717) is 19.5 Å². The Kier molecular flexibility index (Phi) is 3.00. The minimum Gasteiger partial charge on any atom is -0.342 e. The summed E-state index contributed by atoms with van der Waals surface area (Å²) in [6.07, 6.45) is -1.82. The number of nitrogens with zero attached hydrogens (tertiary/aromatic N) is 1. The molecule has 0 N–H and O–H groups in total. The average Bonchev–Trinajstić information content (AvgIpc) is 1.94. The van der Waals surface area contributed by atoms with Gasteiger partial charge in [-0.05, 0) is 5.92 Å². The molecule has 0 aromatic rings. The summed E-state index contributed by atoms with van der Waals surface area (Å²) in [6.45, 7) is 2.83. The molecule has 0 aromatic heterocycles. The maximum absolute atomic E-state index is 11.8. The van der Waals surface area contributed by atoms with E-state index >= 15 is 0 Å². The van der Waals surface area contributed by atoms with Crippen LogP contribution in [0.25, 0.3) is 0 Å². The molecule has 1 saturated heterocycles. The Bertz CT molecular complexity index is 166. The van der Waals surface area contributed by atoms with Crippen molar-refractivity contribution in [1.29, 1.82) is 0 Å². The van der Waals surface area contributed by atoms with E-state index in [4.69, 9.17) is 0 Å². The molecule has 1 heterocycles. The molecular weight excluding hydrogens is 164 g/mol. The van der Waals surface area contributed by atoms with Crippen molar-refractivity contribution >= 4 is 5.91 Å². The van der Waals surface area contributed by atoms with Crippen LogP contribution in [-0.2, 0) is 4.79 Å². The van der Waals surface area contributed by atoms with Crippen LogP contribution in [0.5, 0.6) is 0 Å². The van der Waals surface area contributed by atoms with Crippen molar-refractivity contribution in [3.05, 3.63) is 0 Å². The number of alkyl halides is 2. The van der Waals surface area contributed by atoms with Crippen LogP contribution in [0, 0.1) is 5.92 Å². The fourth-order valence-corrected chi connectivity index (χ4v) is 1.40. The van der Waals surface area contributed by atoms with Gasteiger partial charge in [-0.25, -0.2) is 8.78 Å². The molecule has 1 fully saturated rings. The van der Waals surface area contributed by atoms with Crippen LogP contribution in [0.1, 0.15) is 19.8 Å². The van der Waals surface area contributed by atoms with Gasteiger partial charge in [-0.1, -0.05) is 6.92 Å². The fourth-order valence-electron chi connectivity index (χ4n) is 1.40. The summed E-state index contributed by atoms with van der Waals surface area (Å²) in [6, 6.07) is 0. The van der Waals surface area contributed by atoms with E-state index in [0.717, 1.165) is 0 Å². The second-order valence-electron chi connectivity index (χ2n) is 3.15. The minimum absolute atomic E-state index is 0.0282. The number of amides is 1. The van der Waals surface area contributed by atoms with Crippen LogP contribution in [0.4, 0.5) is 8.78 Å². The highest BCUT2D eigenvalue weighted by Gasteiger charge is 2.31. The Morgan fingerprint density at radius 2 is 2.17 bits per heavy atom. The third kappa shape index (κ3) is 2.16. The van der Waals surface area contributed by atoms with Crippen LogP contribution >= 0.6 is 0 Å². The summed E-state index contributed by atoms with van der Waals surface area (Å²) in [5.41, 5.74) is 0. The molecule has 0 atom stereocenters. The van der Waals surface area contributed by atoms with Gasteiger partial charge in [0.15, 0.2) is 0 Å². The van der Waals surface area contributed by atoms with E-state index in [1.807, 2.05) is 0 Å². The van der Waals surface area contributed by atoms with Gasteiger partial charge in [-0.15, -0.1) is 0 Å². The van der Waals surface area contributed by atoms with Crippen molar-refractivity contribution in [1.82, 2.24) is 4.90 Å². The molecule has 0 spiro atoms. The molecule has 0 aliphatic carbocycles. The Labute approximate surface area is 70.5 Å². The normalized spacial score (nSPS) is 18.2. The third-order valence-electron chi connectivity index (χ3n) is 2.12. The monoisotopic (exact) mass is 177 g/mol. The summed E-state index contributed by atoms with van der Waals surface area (Å²) >= 11 is 0. The zero-order valence-electron chi connectivity index (χ0n) is 7.09. The average molecular weight is 177 g/mol. The van der Waals surface area contributed by atoms with Crippen molar-refractivity contribution < 1.29 is 13.6 Å². The molecule has 1 aliphatic rings. The predicted molar refractivity (Wildman–Crippen MR) is 41.0 cm³/mol. The Morgan fingerprint density at radius 3 is 2.58 bits per heavy atom. The lowest BCUT2D eigenvalue weighted by Gasteiger charge is -2.39. The third-order valence-corrected chi connectivity index (χ3v) is 2.12. The van der Waals surface area contributed by atoms with Crippen molar-refractivity contribution in [3.8, 4) is 0 Å².